The number of sulfonamides is 1. The lowest BCUT2D eigenvalue weighted by Crippen LogP contribution is -2.36. The number of halogens is 4. The van der Waals surface area contributed by atoms with Crippen molar-refractivity contribution in [2.24, 2.45) is 0 Å². The molecule has 10 heteroatoms. The molecule has 1 N–H and O–H groups in total. The van der Waals surface area contributed by atoms with Crippen LogP contribution in [0.1, 0.15) is 29.3 Å². The van der Waals surface area contributed by atoms with Gasteiger partial charge in [0, 0.05) is 11.4 Å². The average molecular weight is 422 g/mol. The van der Waals surface area contributed by atoms with Gasteiger partial charge in [-0.1, -0.05) is 6.07 Å². The molecule has 0 bridgehead atoms. The molecule has 27 heavy (non-hydrogen) atoms. The van der Waals surface area contributed by atoms with Crippen LogP contribution in [-0.4, -0.2) is 33.0 Å². The largest absolute Gasteiger partial charge is 0.416 e. The molecule has 2 aromatic rings. The zero-order chi connectivity index (χ0) is 19.7. The van der Waals surface area contributed by atoms with Gasteiger partial charge in [0.05, 0.1) is 11.6 Å². The highest BCUT2D eigenvalue weighted by molar-refractivity contribution is 7.89. The molecule has 0 radical (unpaired) electrons. The monoisotopic (exact) mass is 422 g/mol. The smallest absolute Gasteiger partial charge is 0.294 e. The van der Waals surface area contributed by atoms with Crippen LogP contribution in [-0.2, 0) is 16.2 Å². The number of hydrogen-bond acceptors (Lipinski definition) is 4. The van der Waals surface area contributed by atoms with Gasteiger partial charge in [-0.25, -0.2) is 17.5 Å². The summed E-state index contributed by atoms with van der Waals surface area (Å²) in [5.41, 5.74) is -1.21. The van der Waals surface area contributed by atoms with E-state index in [0.717, 1.165) is 30.8 Å². The summed E-state index contributed by atoms with van der Waals surface area (Å²) in [7, 11) is -4.44. The van der Waals surface area contributed by atoms with Crippen molar-refractivity contribution in [1.82, 2.24) is 9.62 Å². The van der Waals surface area contributed by atoms with Gasteiger partial charge in [0.25, 0.3) is 0 Å². The van der Waals surface area contributed by atoms with Crippen molar-refractivity contribution in [3.05, 3.63) is 52.0 Å². The molecule has 0 spiro atoms. The van der Waals surface area contributed by atoms with Crippen molar-refractivity contribution in [2.75, 3.05) is 19.6 Å². The second-order valence-electron chi connectivity index (χ2n) is 6.27. The predicted octanol–water partition coefficient (Wildman–Crippen LogP) is 4.02. The van der Waals surface area contributed by atoms with Gasteiger partial charge >= 0.3 is 6.18 Å². The molecule has 148 valence electrons. The molecule has 1 saturated heterocycles. The fraction of sp³-hybridized carbons (Fsp3) is 0.412. The van der Waals surface area contributed by atoms with E-state index in [-0.39, 0.29) is 12.6 Å². The Bertz CT molecular complexity index is 877. The minimum absolute atomic E-state index is 0.0431. The Hall–Kier alpha value is -1.49. The number of rotatable bonds is 6. The molecule has 0 amide bonds. The summed E-state index contributed by atoms with van der Waals surface area (Å²) >= 11 is 1.47. The summed E-state index contributed by atoms with van der Waals surface area (Å²) in [6.07, 6.45) is -2.76. The van der Waals surface area contributed by atoms with Crippen molar-refractivity contribution in [3.8, 4) is 0 Å². The number of nitrogens with zero attached hydrogens (tertiary/aromatic N) is 1. The number of likely N-dealkylation sites (tertiary alicyclic amines) is 1. The Morgan fingerprint density at radius 3 is 2.48 bits per heavy atom. The normalized spacial score (nSPS) is 17.3. The highest BCUT2D eigenvalue weighted by Gasteiger charge is 2.33. The number of nitrogens with one attached hydrogen (secondary N) is 1. The van der Waals surface area contributed by atoms with Crippen molar-refractivity contribution in [2.45, 2.75) is 30.0 Å². The van der Waals surface area contributed by atoms with Gasteiger partial charge < -0.3 is 0 Å². The molecule has 1 aliphatic heterocycles. The van der Waals surface area contributed by atoms with E-state index in [1.807, 2.05) is 17.5 Å². The van der Waals surface area contributed by atoms with Gasteiger partial charge in [0.15, 0.2) is 0 Å². The maximum atomic E-state index is 14.0. The predicted molar refractivity (Wildman–Crippen MR) is 94.5 cm³/mol. The molecule has 1 fully saturated rings. The lowest BCUT2D eigenvalue weighted by Gasteiger charge is -2.27. The summed E-state index contributed by atoms with van der Waals surface area (Å²) in [5, 5.41) is 1.87. The molecule has 3 rings (SSSR count). The fourth-order valence-electron chi connectivity index (χ4n) is 3.10. The molecule has 4 nitrogen and oxygen atoms in total. The quantitative estimate of drug-likeness (QED) is 0.716. The Kier molecular flexibility index (Phi) is 5.90. The third-order valence-electron chi connectivity index (χ3n) is 4.47. The van der Waals surface area contributed by atoms with E-state index in [1.165, 1.54) is 11.3 Å². The van der Waals surface area contributed by atoms with Crippen LogP contribution in [0.4, 0.5) is 17.6 Å². The van der Waals surface area contributed by atoms with Crippen LogP contribution in [0.5, 0.6) is 0 Å². The summed E-state index contributed by atoms with van der Waals surface area (Å²) in [6, 6.07) is 4.86. The molecule has 1 unspecified atom stereocenters. The lowest BCUT2D eigenvalue weighted by molar-refractivity contribution is -0.137. The minimum atomic E-state index is -4.76. The first-order chi connectivity index (χ1) is 12.7. The highest BCUT2D eigenvalue weighted by atomic mass is 32.2. The number of hydrogen-bond donors (Lipinski definition) is 1. The second kappa shape index (κ2) is 7.86. The van der Waals surface area contributed by atoms with E-state index in [2.05, 4.69) is 9.62 Å². The standard InChI is InChI=1S/C17H18F4N2O2S2/c18-13-6-5-12(17(19,20)21)10-16(13)27(24,25)22-11-14(15-4-3-9-26-15)23-7-1-2-8-23/h3-6,9-10,14,22H,1-2,7-8,11H2. The first-order valence-corrected chi connectivity index (χ1v) is 10.7. The Labute approximate surface area is 158 Å². The number of benzene rings is 1. The summed E-state index contributed by atoms with van der Waals surface area (Å²) in [4.78, 5) is 2.07. The van der Waals surface area contributed by atoms with Crippen LogP contribution in [0.3, 0.4) is 0 Å². The van der Waals surface area contributed by atoms with Crippen LogP contribution in [0.15, 0.2) is 40.6 Å². The third-order valence-corrected chi connectivity index (χ3v) is 6.88. The van der Waals surface area contributed by atoms with Gasteiger partial charge in [-0.2, -0.15) is 13.2 Å². The van der Waals surface area contributed by atoms with Crippen LogP contribution in [0, 0.1) is 5.82 Å². The van der Waals surface area contributed by atoms with E-state index in [4.69, 9.17) is 0 Å². The highest BCUT2D eigenvalue weighted by Crippen LogP contribution is 2.32. The Balaban J connectivity index is 1.83. The third kappa shape index (κ3) is 4.68. The molecule has 1 aliphatic rings. The lowest BCUT2D eigenvalue weighted by atomic mass is 10.2. The van der Waals surface area contributed by atoms with Crippen LogP contribution in [0.25, 0.3) is 0 Å². The van der Waals surface area contributed by atoms with Crippen molar-refractivity contribution in [3.63, 3.8) is 0 Å². The van der Waals surface area contributed by atoms with Crippen LogP contribution in [0.2, 0.25) is 0 Å². The SMILES string of the molecule is O=S(=O)(NCC(c1cccs1)N1CCCC1)c1cc(C(F)(F)F)ccc1F. The molecular formula is C17H18F4N2O2S2. The van der Waals surface area contributed by atoms with Gasteiger partial charge in [0.1, 0.15) is 10.7 Å². The van der Waals surface area contributed by atoms with E-state index in [9.17, 15) is 26.0 Å². The summed E-state index contributed by atoms with van der Waals surface area (Å²) in [6.45, 7) is 1.57. The zero-order valence-electron chi connectivity index (χ0n) is 14.2. The molecule has 1 atom stereocenters. The van der Waals surface area contributed by atoms with Crippen molar-refractivity contribution in [1.29, 1.82) is 0 Å². The average Bonchev–Trinajstić information content (AvgIpc) is 3.28. The van der Waals surface area contributed by atoms with Crippen molar-refractivity contribution >= 4 is 21.4 Å². The van der Waals surface area contributed by atoms with Gasteiger partial charge in [-0.3, -0.25) is 4.90 Å². The molecule has 1 aromatic heterocycles. The molecule has 0 aliphatic carbocycles. The molecular weight excluding hydrogens is 404 g/mol. The summed E-state index contributed by atoms with van der Waals surface area (Å²) < 4.78 is 79.8. The van der Waals surface area contributed by atoms with Gasteiger partial charge in [-0.05, 0) is 55.6 Å². The first kappa shape index (κ1) is 20.2. The van der Waals surface area contributed by atoms with Gasteiger partial charge in [0.2, 0.25) is 10.0 Å². The summed E-state index contributed by atoms with van der Waals surface area (Å²) in [5.74, 6) is -1.22. The number of thiophene rings is 1. The Morgan fingerprint density at radius 2 is 1.89 bits per heavy atom. The number of alkyl halides is 3. The zero-order valence-corrected chi connectivity index (χ0v) is 15.8. The maximum absolute atomic E-state index is 14.0. The van der Waals surface area contributed by atoms with Crippen LogP contribution < -0.4 is 4.72 Å². The van der Waals surface area contributed by atoms with E-state index < -0.39 is 32.5 Å². The van der Waals surface area contributed by atoms with E-state index >= 15 is 0 Å². The van der Waals surface area contributed by atoms with Crippen molar-refractivity contribution < 1.29 is 26.0 Å². The molecule has 1 aromatic carbocycles. The second-order valence-corrected chi connectivity index (χ2v) is 8.98. The molecule has 2 heterocycles. The minimum Gasteiger partial charge on any atom is -0.294 e. The maximum Gasteiger partial charge on any atom is 0.416 e. The van der Waals surface area contributed by atoms with Crippen LogP contribution >= 0.6 is 11.3 Å². The topological polar surface area (TPSA) is 49.4 Å². The fourth-order valence-corrected chi connectivity index (χ4v) is 5.10. The molecule has 0 saturated carbocycles. The van der Waals surface area contributed by atoms with Gasteiger partial charge in [-0.15, -0.1) is 11.3 Å². The van der Waals surface area contributed by atoms with E-state index in [0.29, 0.717) is 18.2 Å². The first-order valence-electron chi connectivity index (χ1n) is 8.32. The Morgan fingerprint density at radius 1 is 1.19 bits per heavy atom. The van der Waals surface area contributed by atoms with E-state index in [1.54, 1.807) is 0 Å².